The van der Waals surface area contributed by atoms with Crippen molar-refractivity contribution in [2.75, 3.05) is 0 Å². The Labute approximate surface area is 119 Å². The van der Waals surface area contributed by atoms with Gasteiger partial charge in [-0.3, -0.25) is 0 Å². The zero-order valence-corrected chi connectivity index (χ0v) is 12.9. The van der Waals surface area contributed by atoms with Crippen LogP contribution < -0.4 is 4.72 Å². The lowest BCUT2D eigenvalue weighted by atomic mass is 10.2. The summed E-state index contributed by atoms with van der Waals surface area (Å²) in [5, 5.41) is 1.93. The Bertz CT molecular complexity index is 632. The van der Waals surface area contributed by atoms with Gasteiger partial charge in [-0.2, -0.15) is 0 Å². The van der Waals surface area contributed by atoms with Gasteiger partial charge in [0.25, 0.3) is 0 Å². The van der Waals surface area contributed by atoms with E-state index in [1.807, 2.05) is 18.4 Å². The van der Waals surface area contributed by atoms with Gasteiger partial charge in [0.2, 0.25) is 10.0 Å². The van der Waals surface area contributed by atoms with Crippen molar-refractivity contribution in [1.82, 2.24) is 4.72 Å². The monoisotopic (exact) mass is 345 g/mol. The second-order valence-electron chi connectivity index (χ2n) is 3.87. The van der Waals surface area contributed by atoms with Gasteiger partial charge in [-0.1, -0.05) is 17.7 Å². The first-order chi connectivity index (χ1) is 8.47. The first kappa shape index (κ1) is 13.7. The minimum Gasteiger partial charge on any atom is -0.207 e. The van der Waals surface area contributed by atoms with Gasteiger partial charge in [0.1, 0.15) is 0 Å². The standard InChI is InChI=1S/C12H12BrNO2S2/c1-9-2-4-12(5-3-9)18(15,16)14-7-11-6-10(13)8-17-11/h2-6,8,14H,7H2,1H3. The molecule has 0 saturated heterocycles. The van der Waals surface area contributed by atoms with Crippen LogP contribution in [0.5, 0.6) is 0 Å². The molecule has 96 valence electrons. The summed E-state index contributed by atoms with van der Waals surface area (Å²) < 4.78 is 27.6. The van der Waals surface area contributed by atoms with Crippen molar-refractivity contribution < 1.29 is 8.42 Å². The van der Waals surface area contributed by atoms with Crippen LogP contribution in [0.1, 0.15) is 10.4 Å². The molecule has 6 heteroatoms. The number of aryl methyl sites for hydroxylation is 1. The highest BCUT2D eigenvalue weighted by Crippen LogP contribution is 2.20. The molecule has 0 aliphatic heterocycles. The molecule has 0 unspecified atom stereocenters. The van der Waals surface area contributed by atoms with Gasteiger partial charge in [-0.25, -0.2) is 13.1 Å². The summed E-state index contributed by atoms with van der Waals surface area (Å²) in [6.07, 6.45) is 0. The number of rotatable bonds is 4. The van der Waals surface area contributed by atoms with Crippen molar-refractivity contribution in [2.45, 2.75) is 18.4 Å². The molecule has 1 heterocycles. The molecule has 1 aromatic carbocycles. The van der Waals surface area contributed by atoms with Gasteiger partial charge < -0.3 is 0 Å². The van der Waals surface area contributed by atoms with Crippen molar-refractivity contribution in [1.29, 1.82) is 0 Å². The van der Waals surface area contributed by atoms with Crippen LogP contribution in [0.4, 0.5) is 0 Å². The fourth-order valence-electron chi connectivity index (χ4n) is 1.41. The molecular weight excluding hydrogens is 334 g/mol. The van der Waals surface area contributed by atoms with E-state index >= 15 is 0 Å². The van der Waals surface area contributed by atoms with Crippen molar-refractivity contribution in [3.63, 3.8) is 0 Å². The van der Waals surface area contributed by atoms with Crippen LogP contribution in [0.25, 0.3) is 0 Å². The van der Waals surface area contributed by atoms with Crippen LogP contribution in [0.2, 0.25) is 0 Å². The molecule has 0 atom stereocenters. The minimum absolute atomic E-state index is 0.295. The third-order valence-corrected chi connectivity index (χ3v) is 5.50. The van der Waals surface area contributed by atoms with Gasteiger partial charge in [-0.15, -0.1) is 11.3 Å². The quantitative estimate of drug-likeness (QED) is 0.923. The van der Waals surface area contributed by atoms with E-state index in [0.29, 0.717) is 11.4 Å². The van der Waals surface area contributed by atoms with Crippen LogP contribution in [-0.2, 0) is 16.6 Å². The second-order valence-corrected chi connectivity index (χ2v) is 7.55. The van der Waals surface area contributed by atoms with Gasteiger partial charge in [0.05, 0.1) is 4.90 Å². The zero-order chi connectivity index (χ0) is 13.2. The lowest BCUT2D eigenvalue weighted by Gasteiger charge is -2.05. The SMILES string of the molecule is Cc1ccc(S(=O)(=O)NCc2cc(Br)cs2)cc1. The predicted molar refractivity (Wildman–Crippen MR) is 77.2 cm³/mol. The van der Waals surface area contributed by atoms with Crippen LogP contribution in [0.3, 0.4) is 0 Å². The molecule has 0 aliphatic rings. The number of sulfonamides is 1. The Balaban J connectivity index is 2.10. The summed E-state index contributed by atoms with van der Waals surface area (Å²) in [7, 11) is -3.42. The molecule has 0 radical (unpaired) electrons. The average molecular weight is 346 g/mol. The van der Waals surface area contributed by atoms with E-state index in [1.54, 1.807) is 24.3 Å². The fourth-order valence-corrected chi connectivity index (χ4v) is 3.90. The van der Waals surface area contributed by atoms with Gasteiger partial charge in [-0.05, 0) is 41.1 Å². The van der Waals surface area contributed by atoms with E-state index in [-0.39, 0.29) is 0 Å². The first-order valence-corrected chi connectivity index (χ1v) is 8.42. The lowest BCUT2D eigenvalue weighted by Crippen LogP contribution is -2.22. The highest BCUT2D eigenvalue weighted by atomic mass is 79.9. The number of hydrogen-bond donors (Lipinski definition) is 1. The molecule has 0 bridgehead atoms. The molecule has 3 nitrogen and oxygen atoms in total. The molecule has 18 heavy (non-hydrogen) atoms. The molecule has 0 spiro atoms. The minimum atomic E-state index is -3.42. The third-order valence-electron chi connectivity index (χ3n) is 2.39. The van der Waals surface area contributed by atoms with E-state index in [9.17, 15) is 8.42 Å². The van der Waals surface area contributed by atoms with E-state index < -0.39 is 10.0 Å². The van der Waals surface area contributed by atoms with Crippen molar-refractivity contribution in [3.8, 4) is 0 Å². The summed E-state index contributed by atoms with van der Waals surface area (Å²) in [5.74, 6) is 0. The summed E-state index contributed by atoms with van der Waals surface area (Å²) >= 11 is 4.85. The molecule has 1 N–H and O–H groups in total. The van der Waals surface area contributed by atoms with E-state index in [0.717, 1.165) is 14.9 Å². The maximum atomic E-state index is 12.0. The summed E-state index contributed by atoms with van der Waals surface area (Å²) in [6.45, 7) is 2.24. The summed E-state index contributed by atoms with van der Waals surface area (Å²) in [4.78, 5) is 1.27. The smallest absolute Gasteiger partial charge is 0.207 e. The number of benzene rings is 1. The molecule has 0 aliphatic carbocycles. The highest BCUT2D eigenvalue weighted by Gasteiger charge is 2.13. The average Bonchev–Trinajstić information content (AvgIpc) is 2.73. The topological polar surface area (TPSA) is 46.2 Å². The Hall–Kier alpha value is -0.690. The summed E-state index contributed by atoms with van der Waals surface area (Å²) in [6, 6.07) is 8.71. The fraction of sp³-hybridized carbons (Fsp3) is 0.167. The van der Waals surface area contributed by atoms with Gasteiger partial charge in [0.15, 0.2) is 0 Å². The third kappa shape index (κ3) is 3.41. The largest absolute Gasteiger partial charge is 0.240 e. The Morgan fingerprint density at radius 3 is 2.50 bits per heavy atom. The van der Waals surface area contributed by atoms with Crippen LogP contribution in [0.15, 0.2) is 45.1 Å². The zero-order valence-electron chi connectivity index (χ0n) is 9.68. The second kappa shape index (κ2) is 5.52. The molecular formula is C12H12BrNO2S2. The predicted octanol–water partition coefficient (Wildman–Crippen LogP) is 3.30. The highest BCUT2D eigenvalue weighted by molar-refractivity contribution is 9.10. The number of halogens is 1. The van der Waals surface area contributed by atoms with Gasteiger partial charge >= 0.3 is 0 Å². The molecule has 1 aromatic heterocycles. The summed E-state index contributed by atoms with van der Waals surface area (Å²) in [5.41, 5.74) is 1.04. The Kier molecular flexibility index (Phi) is 4.21. The van der Waals surface area contributed by atoms with Crippen LogP contribution in [-0.4, -0.2) is 8.42 Å². The molecule has 0 saturated carbocycles. The van der Waals surface area contributed by atoms with Gasteiger partial charge in [0, 0.05) is 21.3 Å². The normalized spacial score (nSPS) is 11.7. The Morgan fingerprint density at radius 2 is 1.94 bits per heavy atom. The van der Waals surface area contributed by atoms with Crippen molar-refractivity contribution in [2.24, 2.45) is 0 Å². The molecule has 2 rings (SSSR count). The van der Waals surface area contributed by atoms with Crippen molar-refractivity contribution >= 4 is 37.3 Å². The number of thiophene rings is 1. The van der Waals surface area contributed by atoms with E-state index in [1.165, 1.54) is 11.3 Å². The molecule has 0 amide bonds. The molecule has 0 fully saturated rings. The maximum Gasteiger partial charge on any atom is 0.240 e. The van der Waals surface area contributed by atoms with Crippen LogP contribution in [0, 0.1) is 6.92 Å². The number of nitrogens with one attached hydrogen (secondary N) is 1. The maximum absolute atomic E-state index is 12.0. The molecule has 2 aromatic rings. The van der Waals surface area contributed by atoms with Crippen molar-refractivity contribution in [3.05, 3.63) is 50.6 Å². The van der Waals surface area contributed by atoms with E-state index in [4.69, 9.17) is 0 Å². The lowest BCUT2D eigenvalue weighted by molar-refractivity contribution is 0.582. The Morgan fingerprint density at radius 1 is 1.28 bits per heavy atom. The van der Waals surface area contributed by atoms with E-state index in [2.05, 4.69) is 20.7 Å². The van der Waals surface area contributed by atoms with Crippen LogP contribution >= 0.6 is 27.3 Å². The first-order valence-electron chi connectivity index (χ1n) is 5.26. The number of hydrogen-bond acceptors (Lipinski definition) is 3.